The number of benzene rings is 1. The molecule has 0 aliphatic rings. The van der Waals surface area contributed by atoms with E-state index in [0.717, 1.165) is 18.5 Å². The van der Waals surface area contributed by atoms with Crippen LogP contribution >= 0.6 is 0 Å². The number of alkyl halides is 2. The fourth-order valence-corrected chi connectivity index (χ4v) is 1.61. The average Bonchev–Trinajstić information content (AvgIpc) is 2.43. The van der Waals surface area contributed by atoms with Gasteiger partial charge < -0.3 is 15.8 Å². The number of hydrogen-bond donors (Lipinski definition) is 2. The lowest BCUT2D eigenvalue weighted by Gasteiger charge is -2.08. The summed E-state index contributed by atoms with van der Waals surface area (Å²) in [6.45, 7) is 4.84. The Labute approximate surface area is 124 Å². The molecule has 0 heterocycles. The lowest BCUT2D eigenvalue weighted by atomic mass is 10.1. The van der Waals surface area contributed by atoms with Crippen LogP contribution in [0.15, 0.2) is 29.3 Å². The molecule has 0 aliphatic carbocycles. The van der Waals surface area contributed by atoms with Crippen LogP contribution in [-0.4, -0.2) is 25.5 Å². The summed E-state index contributed by atoms with van der Waals surface area (Å²) in [5.74, 6) is 1.40. The van der Waals surface area contributed by atoms with Crippen molar-refractivity contribution in [2.45, 2.75) is 33.2 Å². The molecule has 3 N–H and O–H groups in total. The smallest absolute Gasteiger partial charge is 0.272 e. The molecule has 0 aliphatic heterocycles. The predicted octanol–water partition coefficient (Wildman–Crippen LogP) is 2.78. The highest BCUT2D eigenvalue weighted by molar-refractivity contribution is 5.77. The predicted molar refractivity (Wildman–Crippen MR) is 80.7 cm³/mol. The number of guanidine groups is 1. The Morgan fingerprint density at radius 1 is 1.38 bits per heavy atom. The second kappa shape index (κ2) is 9.15. The van der Waals surface area contributed by atoms with E-state index < -0.39 is 13.0 Å². The van der Waals surface area contributed by atoms with Crippen LogP contribution in [0, 0.1) is 5.92 Å². The quantitative estimate of drug-likeness (QED) is 0.573. The second-order valence-corrected chi connectivity index (χ2v) is 5.16. The second-order valence-electron chi connectivity index (χ2n) is 5.16. The van der Waals surface area contributed by atoms with Gasteiger partial charge in [0.25, 0.3) is 6.43 Å². The van der Waals surface area contributed by atoms with Gasteiger partial charge in [-0.2, -0.15) is 0 Å². The molecule has 0 fully saturated rings. The van der Waals surface area contributed by atoms with Crippen molar-refractivity contribution in [3.63, 3.8) is 0 Å². The molecular weight excluding hydrogens is 276 g/mol. The summed E-state index contributed by atoms with van der Waals surface area (Å²) in [5, 5.41) is 3.04. The molecule has 0 saturated heterocycles. The standard InChI is InChI=1S/C15H23F2N3O/c1-11(2)6-7-19-15(18)20-9-12-4-3-5-13(8-12)21-10-14(16)17/h3-5,8,11,14H,6-7,9-10H2,1-2H3,(H3,18,19,20). The van der Waals surface area contributed by atoms with Crippen molar-refractivity contribution < 1.29 is 13.5 Å². The fourth-order valence-electron chi connectivity index (χ4n) is 1.61. The zero-order chi connectivity index (χ0) is 15.7. The molecule has 0 unspecified atom stereocenters. The summed E-state index contributed by atoms with van der Waals surface area (Å²) in [6, 6.07) is 6.92. The number of halogens is 2. The third-order valence-electron chi connectivity index (χ3n) is 2.73. The summed E-state index contributed by atoms with van der Waals surface area (Å²) >= 11 is 0. The van der Waals surface area contributed by atoms with Gasteiger partial charge in [-0.15, -0.1) is 0 Å². The van der Waals surface area contributed by atoms with E-state index in [4.69, 9.17) is 10.5 Å². The van der Waals surface area contributed by atoms with Crippen molar-refractivity contribution in [3.8, 4) is 5.75 Å². The van der Waals surface area contributed by atoms with Gasteiger partial charge in [0, 0.05) is 6.54 Å². The van der Waals surface area contributed by atoms with Gasteiger partial charge in [0.15, 0.2) is 5.96 Å². The first-order valence-electron chi connectivity index (χ1n) is 7.01. The first kappa shape index (κ1) is 17.2. The van der Waals surface area contributed by atoms with Crippen molar-refractivity contribution in [3.05, 3.63) is 29.8 Å². The van der Waals surface area contributed by atoms with E-state index in [0.29, 0.717) is 24.2 Å². The van der Waals surface area contributed by atoms with Crippen molar-refractivity contribution >= 4 is 5.96 Å². The number of nitrogens with one attached hydrogen (secondary N) is 1. The molecule has 0 spiro atoms. The van der Waals surface area contributed by atoms with Crippen LogP contribution in [0.1, 0.15) is 25.8 Å². The molecule has 1 aromatic carbocycles. The molecule has 0 aromatic heterocycles. The minimum atomic E-state index is -2.48. The minimum absolute atomic E-state index is 0.381. The number of hydrogen-bond acceptors (Lipinski definition) is 2. The van der Waals surface area contributed by atoms with E-state index in [1.54, 1.807) is 18.2 Å². The third kappa shape index (κ3) is 8.12. The van der Waals surface area contributed by atoms with Crippen molar-refractivity contribution in [1.29, 1.82) is 0 Å². The third-order valence-corrected chi connectivity index (χ3v) is 2.73. The normalized spacial score (nSPS) is 12.0. The van der Waals surface area contributed by atoms with E-state index in [-0.39, 0.29) is 0 Å². The molecule has 4 nitrogen and oxygen atoms in total. The maximum Gasteiger partial charge on any atom is 0.272 e. The Hall–Kier alpha value is -1.85. The molecule has 1 rings (SSSR count). The molecule has 0 bridgehead atoms. The van der Waals surface area contributed by atoms with Crippen molar-refractivity contribution in [2.24, 2.45) is 16.6 Å². The van der Waals surface area contributed by atoms with Gasteiger partial charge in [0.2, 0.25) is 0 Å². The summed E-state index contributed by atoms with van der Waals surface area (Å²) in [7, 11) is 0. The first-order valence-corrected chi connectivity index (χ1v) is 7.01. The van der Waals surface area contributed by atoms with Gasteiger partial charge in [0.05, 0.1) is 6.54 Å². The Morgan fingerprint density at radius 3 is 2.81 bits per heavy atom. The molecule has 6 heteroatoms. The summed E-state index contributed by atoms with van der Waals surface area (Å²) in [6.07, 6.45) is -1.46. The molecule has 118 valence electrons. The van der Waals surface area contributed by atoms with Crippen molar-refractivity contribution in [2.75, 3.05) is 13.2 Å². The molecular formula is C15H23F2N3O. The Balaban J connectivity index is 2.45. The number of rotatable bonds is 8. The molecule has 21 heavy (non-hydrogen) atoms. The average molecular weight is 299 g/mol. The lowest BCUT2D eigenvalue weighted by molar-refractivity contribution is 0.0818. The van der Waals surface area contributed by atoms with Crippen LogP contribution in [0.5, 0.6) is 5.75 Å². The van der Waals surface area contributed by atoms with Crippen LogP contribution in [0.25, 0.3) is 0 Å². The summed E-state index contributed by atoms with van der Waals surface area (Å²) in [4.78, 5) is 4.21. The van der Waals surface area contributed by atoms with E-state index in [9.17, 15) is 8.78 Å². The van der Waals surface area contributed by atoms with E-state index in [1.165, 1.54) is 0 Å². The highest BCUT2D eigenvalue weighted by Gasteiger charge is 2.04. The highest BCUT2D eigenvalue weighted by Crippen LogP contribution is 2.14. The maximum absolute atomic E-state index is 12.1. The molecule has 0 amide bonds. The minimum Gasteiger partial charge on any atom is -0.488 e. The Bertz CT molecular complexity index is 450. The van der Waals surface area contributed by atoms with Crippen LogP contribution in [-0.2, 0) is 6.54 Å². The Morgan fingerprint density at radius 2 is 2.14 bits per heavy atom. The fraction of sp³-hybridized carbons (Fsp3) is 0.533. The topological polar surface area (TPSA) is 59.6 Å². The number of aliphatic imine (C=N–C) groups is 1. The van der Waals surface area contributed by atoms with E-state index in [1.807, 2.05) is 6.07 Å². The van der Waals surface area contributed by atoms with Gasteiger partial charge in [0.1, 0.15) is 12.4 Å². The molecule has 0 radical (unpaired) electrons. The number of nitrogens with two attached hydrogens (primary N) is 1. The summed E-state index contributed by atoms with van der Waals surface area (Å²) < 4.78 is 29.1. The van der Waals surface area contributed by atoms with Gasteiger partial charge in [-0.1, -0.05) is 26.0 Å². The van der Waals surface area contributed by atoms with E-state index >= 15 is 0 Å². The van der Waals surface area contributed by atoms with Crippen molar-refractivity contribution in [1.82, 2.24) is 5.32 Å². The van der Waals surface area contributed by atoms with Gasteiger partial charge >= 0.3 is 0 Å². The highest BCUT2D eigenvalue weighted by atomic mass is 19.3. The van der Waals surface area contributed by atoms with Gasteiger partial charge in [-0.25, -0.2) is 13.8 Å². The zero-order valence-electron chi connectivity index (χ0n) is 12.5. The maximum atomic E-state index is 12.1. The molecule has 1 aromatic rings. The monoisotopic (exact) mass is 299 g/mol. The van der Waals surface area contributed by atoms with E-state index in [2.05, 4.69) is 24.2 Å². The van der Waals surface area contributed by atoms with Crippen LogP contribution in [0.2, 0.25) is 0 Å². The van der Waals surface area contributed by atoms with Crippen LogP contribution in [0.4, 0.5) is 8.78 Å². The molecule has 0 atom stereocenters. The Kier molecular flexibility index (Phi) is 7.50. The number of nitrogens with zero attached hydrogens (tertiary/aromatic N) is 1. The van der Waals surface area contributed by atoms with Crippen LogP contribution in [0.3, 0.4) is 0 Å². The number of ether oxygens (including phenoxy) is 1. The van der Waals surface area contributed by atoms with Gasteiger partial charge in [-0.3, -0.25) is 0 Å². The van der Waals surface area contributed by atoms with Gasteiger partial charge in [-0.05, 0) is 30.0 Å². The lowest BCUT2D eigenvalue weighted by Crippen LogP contribution is -2.32. The first-order chi connectivity index (χ1) is 9.97. The molecule has 0 saturated carbocycles. The summed E-state index contributed by atoms with van der Waals surface area (Å²) in [5.41, 5.74) is 6.61. The largest absolute Gasteiger partial charge is 0.488 e. The SMILES string of the molecule is CC(C)CCNC(N)=NCc1cccc(OCC(F)F)c1. The van der Waals surface area contributed by atoms with Crippen LogP contribution < -0.4 is 15.8 Å². The zero-order valence-corrected chi connectivity index (χ0v) is 12.5.